The van der Waals surface area contributed by atoms with Crippen LogP contribution in [0, 0.1) is 16.7 Å². The van der Waals surface area contributed by atoms with Gasteiger partial charge < -0.3 is 5.32 Å². The van der Waals surface area contributed by atoms with Gasteiger partial charge in [-0.05, 0) is 39.8 Å². The van der Waals surface area contributed by atoms with E-state index < -0.39 is 0 Å². The molecule has 0 unspecified atom stereocenters. The zero-order valence-electron chi connectivity index (χ0n) is 7.78. The second-order valence-corrected chi connectivity index (χ2v) is 3.45. The molecule has 2 nitrogen and oxygen atoms in total. The van der Waals surface area contributed by atoms with Crippen LogP contribution in [-0.4, -0.2) is 13.1 Å². The lowest BCUT2D eigenvalue weighted by Crippen LogP contribution is -2.17. The summed E-state index contributed by atoms with van der Waals surface area (Å²) in [6, 6.07) is 2.29. The minimum Gasteiger partial charge on any atom is -0.317 e. The van der Waals surface area contributed by atoms with Crippen LogP contribution in [0.1, 0.15) is 33.6 Å². The third kappa shape index (κ3) is 5.87. The Morgan fingerprint density at radius 2 is 2.09 bits per heavy atom. The minimum atomic E-state index is -0.143. The van der Waals surface area contributed by atoms with Crippen molar-refractivity contribution < 1.29 is 0 Å². The Hall–Kier alpha value is -0.550. The van der Waals surface area contributed by atoms with Gasteiger partial charge in [0.05, 0.1) is 11.5 Å². The van der Waals surface area contributed by atoms with Crippen molar-refractivity contribution >= 4 is 0 Å². The van der Waals surface area contributed by atoms with E-state index in [1.165, 1.54) is 0 Å². The van der Waals surface area contributed by atoms with Gasteiger partial charge in [-0.25, -0.2) is 0 Å². The molecule has 11 heavy (non-hydrogen) atoms. The fourth-order valence-corrected chi connectivity index (χ4v) is 0.888. The number of rotatable bonds is 5. The van der Waals surface area contributed by atoms with E-state index in [1.807, 2.05) is 13.8 Å². The van der Waals surface area contributed by atoms with Crippen LogP contribution < -0.4 is 5.32 Å². The van der Waals surface area contributed by atoms with E-state index >= 15 is 0 Å². The van der Waals surface area contributed by atoms with Crippen molar-refractivity contribution in [2.45, 2.75) is 33.6 Å². The van der Waals surface area contributed by atoms with Crippen LogP contribution in [-0.2, 0) is 0 Å². The van der Waals surface area contributed by atoms with Gasteiger partial charge in [-0.3, -0.25) is 0 Å². The predicted molar refractivity (Wildman–Crippen MR) is 47.2 cm³/mol. The second-order valence-electron chi connectivity index (χ2n) is 3.45. The topological polar surface area (TPSA) is 35.8 Å². The maximum absolute atomic E-state index is 8.68. The van der Waals surface area contributed by atoms with E-state index in [4.69, 9.17) is 5.26 Å². The van der Waals surface area contributed by atoms with E-state index in [2.05, 4.69) is 18.3 Å². The van der Waals surface area contributed by atoms with Gasteiger partial charge in [-0.2, -0.15) is 5.26 Å². The molecule has 0 aliphatic heterocycles. The highest BCUT2D eigenvalue weighted by atomic mass is 14.8. The Morgan fingerprint density at radius 3 is 2.55 bits per heavy atom. The molecule has 0 rings (SSSR count). The van der Waals surface area contributed by atoms with Crippen LogP contribution in [0.5, 0.6) is 0 Å². The first kappa shape index (κ1) is 10.4. The summed E-state index contributed by atoms with van der Waals surface area (Å²) in [5.74, 6) is 0. The van der Waals surface area contributed by atoms with Crippen molar-refractivity contribution in [2.75, 3.05) is 13.1 Å². The molecule has 0 fully saturated rings. The molecule has 0 aliphatic carbocycles. The third-order valence-corrected chi connectivity index (χ3v) is 1.71. The lowest BCUT2D eigenvalue weighted by atomic mass is 9.90. The molecule has 0 spiro atoms. The second kappa shape index (κ2) is 5.15. The molecule has 0 bridgehead atoms. The van der Waals surface area contributed by atoms with Crippen molar-refractivity contribution in [1.29, 1.82) is 5.26 Å². The monoisotopic (exact) mass is 154 g/mol. The maximum atomic E-state index is 8.68. The van der Waals surface area contributed by atoms with Crippen molar-refractivity contribution in [3.63, 3.8) is 0 Å². The molecule has 0 aromatic rings. The highest BCUT2D eigenvalue weighted by Crippen LogP contribution is 2.19. The summed E-state index contributed by atoms with van der Waals surface area (Å²) >= 11 is 0. The van der Waals surface area contributed by atoms with Gasteiger partial charge >= 0.3 is 0 Å². The molecule has 0 saturated carbocycles. The summed E-state index contributed by atoms with van der Waals surface area (Å²) in [4.78, 5) is 0. The zero-order chi connectivity index (χ0) is 8.74. The summed E-state index contributed by atoms with van der Waals surface area (Å²) in [6.45, 7) is 8.11. The molecule has 0 atom stereocenters. The van der Waals surface area contributed by atoms with Crippen molar-refractivity contribution in [3.8, 4) is 6.07 Å². The minimum absolute atomic E-state index is 0.143. The van der Waals surface area contributed by atoms with E-state index in [0.29, 0.717) is 0 Å². The molecule has 0 aliphatic rings. The summed E-state index contributed by atoms with van der Waals surface area (Å²) in [7, 11) is 0. The Labute approximate surface area is 69.6 Å². The Balaban J connectivity index is 3.32. The molecule has 0 aromatic carbocycles. The van der Waals surface area contributed by atoms with Crippen LogP contribution in [0.15, 0.2) is 0 Å². The molecule has 2 heteroatoms. The SMILES string of the molecule is CCNCCCC(C)(C)C#N. The predicted octanol–water partition coefficient (Wildman–Crippen LogP) is 1.93. The average Bonchev–Trinajstić information content (AvgIpc) is 1.99. The van der Waals surface area contributed by atoms with Crippen molar-refractivity contribution in [2.24, 2.45) is 5.41 Å². The number of nitriles is 1. The molecule has 0 radical (unpaired) electrons. The van der Waals surface area contributed by atoms with E-state index in [0.717, 1.165) is 25.9 Å². The number of nitrogens with zero attached hydrogens (tertiary/aromatic N) is 1. The average molecular weight is 154 g/mol. The largest absolute Gasteiger partial charge is 0.317 e. The van der Waals surface area contributed by atoms with Crippen LogP contribution in [0.3, 0.4) is 0 Å². The molecular weight excluding hydrogens is 136 g/mol. The van der Waals surface area contributed by atoms with Crippen LogP contribution >= 0.6 is 0 Å². The smallest absolute Gasteiger partial charge is 0.0683 e. The Morgan fingerprint density at radius 1 is 1.45 bits per heavy atom. The van der Waals surface area contributed by atoms with E-state index in [9.17, 15) is 0 Å². The highest BCUT2D eigenvalue weighted by molar-refractivity contribution is 4.91. The van der Waals surface area contributed by atoms with Gasteiger partial charge in [-0.1, -0.05) is 6.92 Å². The Bertz CT molecular complexity index is 133. The van der Waals surface area contributed by atoms with Crippen LogP contribution in [0.4, 0.5) is 0 Å². The van der Waals surface area contributed by atoms with Crippen LogP contribution in [0.2, 0.25) is 0 Å². The lowest BCUT2D eigenvalue weighted by molar-refractivity contribution is 0.427. The van der Waals surface area contributed by atoms with Crippen molar-refractivity contribution in [1.82, 2.24) is 5.32 Å². The summed E-state index contributed by atoms with van der Waals surface area (Å²) < 4.78 is 0. The molecule has 1 N–H and O–H groups in total. The van der Waals surface area contributed by atoms with E-state index in [1.54, 1.807) is 0 Å². The Kier molecular flexibility index (Phi) is 4.89. The first-order valence-corrected chi connectivity index (χ1v) is 4.24. The molecule has 0 heterocycles. The molecule has 0 amide bonds. The molecule has 64 valence electrons. The lowest BCUT2D eigenvalue weighted by Gasteiger charge is -2.14. The quantitative estimate of drug-likeness (QED) is 0.614. The summed E-state index contributed by atoms with van der Waals surface area (Å²) in [5.41, 5.74) is -0.143. The number of hydrogen-bond donors (Lipinski definition) is 1. The highest BCUT2D eigenvalue weighted by Gasteiger charge is 2.14. The number of nitrogens with one attached hydrogen (secondary N) is 1. The van der Waals surface area contributed by atoms with E-state index in [-0.39, 0.29) is 5.41 Å². The van der Waals surface area contributed by atoms with Crippen molar-refractivity contribution in [3.05, 3.63) is 0 Å². The molecule has 0 saturated heterocycles. The zero-order valence-corrected chi connectivity index (χ0v) is 7.78. The van der Waals surface area contributed by atoms with Gasteiger partial charge in [-0.15, -0.1) is 0 Å². The third-order valence-electron chi connectivity index (χ3n) is 1.71. The fraction of sp³-hybridized carbons (Fsp3) is 0.889. The normalized spacial score (nSPS) is 11.1. The molecule has 0 aromatic heterocycles. The van der Waals surface area contributed by atoms with Gasteiger partial charge in [0.2, 0.25) is 0 Å². The summed E-state index contributed by atoms with van der Waals surface area (Å²) in [6.07, 6.45) is 2.07. The van der Waals surface area contributed by atoms with Gasteiger partial charge in [0.1, 0.15) is 0 Å². The first-order valence-electron chi connectivity index (χ1n) is 4.24. The van der Waals surface area contributed by atoms with Gasteiger partial charge in [0.15, 0.2) is 0 Å². The van der Waals surface area contributed by atoms with Crippen LogP contribution in [0.25, 0.3) is 0 Å². The fourth-order valence-electron chi connectivity index (χ4n) is 0.888. The first-order chi connectivity index (χ1) is 5.12. The molecular formula is C9H18N2. The standard InChI is InChI=1S/C9H18N2/c1-4-11-7-5-6-9(2,3)8-10/h11H,4-7H2,1-3H3. The summed E-state index contributed by atoms with van der Waals surface area (Å²) in [5, 5.41) is 11.9. The van der Waals surface area contributed by atoms with Gasteiger partial charge in [0, 0.05) is 0 Å². The maximum Gasteiger partial charge on any atom is 0.0683 e. The van der Waals surface area contributed by atoms with Gasteiger partial charge in [0.25, 0.3) is 0 Å². The number of hydrogen-bond acceptors (Lipinski definition) is 2.